The van der Waals surface area contributed by atoms with E-state index >= 15 is 0 Å². The van der Waals surface area contributed by atoms with Gasteiger partial charge in [-0.25, -0.2) is 0 Å². The molecule has 98 valence electrons. The maximum Gasteiger partial charge on any atom is 0.278 e. The fourth-order valence-electron chi connectivity index (χ4n) is 3.42. The number of allylic oxidation sites excluding steroid dienone is 2. The Balaban J connectivity index is 1.58. The number of carbonyl (C=O) groups is 2. The summed E-state index contributed by atoms with van der Waals surface area (Å²) in [7, 11) is 0. The standard InChI is InChI=1S/C13H18N2O2S/c16-12(11-8-9-1-2-10(11)7-9)14-3-5-15(6-4-14)13(17)18/h1-2,9-11H,3-8H2,(H,17,18). The van der Waals surface area contributed by atoms with Gasteiger partial charge in [0.05, 0.1) is 0 Å². The second kappa shape index (κ2) is 4.61. The lowest BCUT2D eigenvalue weighted by molar-refractivity contribution is -0.137. The van der Waals surface area contributed by atoms with Crippen LogP contribution in [0.5, 0.6) is 0 Å². The summed E-state index contributed by atoms with van der Waals surface area (Å²) in [6.45, 7) is 2.54. The van der Waals surface area contributed by atoms with Crippen molar-refractivity contribution in [3.63, 3.8) is 0 Å². The summed E-state index contributed by atoms with van der Waals surface area (Å²) >= 11 is 3.82. The molecule has 0 aromatic heterocycles. The Labute approximate surface area is 112 Å². The highest BCUT2D eigenvalue weighted by Crippen LogP contribution is 2.44. The smallest absolute Gasteiger partial charge is 0.278 e. The number of carbonyl (C=O) groups excluding carboxylic acids is 2. The zero-order valence-corrected chi connectivity index (χ0v) is 11.2. The fourth-order valence-corrected chi connectivity index (χ4v) is 3.62. The summed E-state index contributed by atoms with van der Waals surface area (Å²) in [6, 6.07) is 0. The van der Waals surface area contributed by atoms with Crippen LogP contribution >= 0.6 is 12.6 Å². The minimum atomic E-state index is -0.190. The van der Waals surface area contributed by atoms with Gasteiger partial charge in [0.2, 0.25) is 5.91 Å². The molecule has 2 amide bonds. The van der Waals surface area contributed by atoms with Gasteiger partial charge in [-0.1, -0.05) is 24.8 Å². The van der Waals surface area contributed by atoms with Gasteiger partial charge >= 0.3 is 0 Å². The molecule has 3 atom stereocenters. The maximum absolute atomic E-state index is 12.4. The highest BCUT2D eigenvalue weighted by Gasteiger charge is 2.41. The van der Waals surface area contributed by atoms with E-state index in [-0.39, 0.29) is 17.1 Å². The number of nitrogens with zero attached hydrogens (tertiary/aromatic N) is 2. The molecule has 2 bridgehead atoms. The third kappa shape index (κ3) is 2.05. The molecule has 3 unspecified atom stereocenters. The van der Waals surface area contributed by atoms with Crippen molar-refractivity contribution in [2.24, 2.45) is 17.8 Å². The van der Waals surface area contributed by atoms with Gasteiger partial charge in [0.25, 0.3) is 5.24 Å². The molecule has 1 heterocycles. The van der Waals surface area contributed by atoms with E-state index in [2.05, 4.69) is 24.8 Å². The third-order valence-electron chi connectivity index (χ3n) is 4.46. The lowest BCUT2D eigenvalue weighted by Gasteiger charge is -2.36. The number of rotatable bonds is 1. The van der Waals surface area contributed by atoms with Crippen molar-refractivity contribution in [3.8, 4) is 0 Å². The van der Waals surface area contributed by atoms with Crippen LogP contribution in [0.15, 0.2) is 12.2 Å². The molecule has 3 rings (SSSR count). The molecule has 0 radical (unpaired) electrons. The van der Waals surface area contributed by atoms with Crippen LogP contribution in [-0.2, 0) is 4.79 Å². The molecule has 2 aliphatic carbocycles. The molecule has 4 nitrogen and oxygen atoms in total. The van der Waals surface area contributed by atoms with Crippen LogP contribution in [-0.4, -0.2) is 47.1 Å². The summed E-state index contributed by atoms with van der Waals surface area (Å²) < 4.78 is 0. The predicted octanol–water partition coefficient (Wildman–Crippen LogP) is 1.39. The molecule has 0 aromatic rings. The molecule has 1 aliphatic heterocycles. The number of thiol groups is 1. The molecule has 0 spiro atoms. The summed E-state index contributed by atoms with van der Waals surface area (Å²) in [5.74, 6) is 1.58. The van der Waals surface area contributed by atoms with Crippen molar-refractivity contribution < 1.29 is 9.59 Å². The lowest BCUT2D eigenvalue weighted by Crippen LogP contribution is -2.51. The molecule has 0 aromatic carbocycles. The average molecular weight is 266 g/mol. The Morgan fingerprint density at radius 3 is 2.17 bits per heavy atom. The second-order valence-electron chi connectivity index (χ2n) is 5.48. The van der Waals surface area contributed by atoms with Crippen LogP contribution < -0.4 is 0 Å². The number of hydrogen-bond acceptors (Lipinski definition) is 2. The molecule has 1 saturated carbocycles. The molecular formula is C13H18N2O2S. The van der Waals surface area contributed by atoms with Gasteiger partial charge in [0.15, 0.2) is 0 Å². The van der Waals surface area contributed by atoms with Crippen LogP contribution in [0.4, 0.5) is 4.79 Å². The van der Waals surface area contributed by atoms with Crippen LogP contribution in [0.1, 0.15) is 12.8 Å². The van der Waals surface area contributed by atoms with Crippen LogP contribution in [0.25, 0.3) is 0 Å². The van der Waals surface area contributed by atoms with Crippen molar-refractivity contribution in [2.75, 3.05) is 26.2 Å². The van der Waals surface area contributed by atoms with Gasteiger partial charge in [-0.15, -0.1) is 0 Å². The highest BCUT2D eigenvalue weighted by molar-refractivity contribution is 7.96. The summed E-state index contributed by atoms with van der Waals surface area (Å²) in [5.41, 5.74) is 0. The Morgan fingerprint density at radius 2 is 1.67 bits per heavy atom. The molecule has 0 N–H and O–H groups in total. The van der Waals surface area contributed by atoms with E-state index in [4.69, 9.17) is 0 Å². The number of piperazine rings is 1. The molecular weight excluding hydrogens is 248 g/mol. The molecule has 1 saturated heterocycles. The first-order valence-corrected chi connectivity index (χ1v) is 7.05. The van der Waals surface area contributed by atoms with E-state index in [0.717, 1.165) is 12.8 Å². The van der Waals surface area contributed by atoms with Gasteiger partial charge in [-0.3, -0.25) is 9.59 Å². The molecule has 18 heavy (non-hydrogen) atoms. The van der Waals surface area contributed by atoms with Crippen molar-refractivity contribution in [2.45, 2.75) is 12.8 Å². The lowest BCUT2D eigenvalue weighted by atomic mass is 9.92. The topological polar surface area (TPSA) is 40.6 Å². The largest absolute Gasteiger partial charge is 0.339 e. The predicted molar refractivity (Wildman–Crippen MR) is 71.4 cm³/mol. The molecule has 5 heteroatoms. The van der Waals surface area contributed by atoms with E-state index in [1.807, 2.05) is 4.90 Å². The zero-order valence-electron chi connectivity index (χ0n) is 10.3. The first-order valence-electron chi connectivity index (χ1n) is 6.60. The zero-order chi connectivity index (χ0) is 12.7. The first kappa shape index (κ1) is 12.1. The Bertz CT molecular complexity index is 402. The minimum absolute atomic E-state index is 0.190. The van der Waals surface area contributed by atoms with Gasteiger partial charge < -0.3 is 9.80 Å². The SMILES string of the molecule is O=C(S)N1CCN(C(=O)C2CC3C=CC2C3)CC1. The quantitative estimate of drug-likeness (QED) is 0.575. The van der Waals surface area contributed by atoms with E-state index in [0.29, 0.717) is 38.0 Å². The monoisotopic (exact) mass is 266 g/mol. The van der Waals surface area contributed by atoms with Crippen molar-refractivity contribution in [3.05, 3.63) is 12.2 Å². The van der Waals surface area contributed by atoms with E-state index in [1.165, 1.54) is 0 Å². The fraction of sp³-hybridized carbons (Fsp3) is 0.692. The molecule has 2 fully saturated rings. The van der Waals surface area contributed by atoms with Crippen molar-refractivity contribution in [1.29, 1.82) is 0 Å². The van der Waals surface area contributed by atoms with Crippen LogP contribution in [0.2, 0.25) is 0 Å². The van der Waals surface area contributed by atoms with Gasteiger partial charge in [-0.05, 0) is 24.7 Å². The van der Waals surface area contributed by atoms with E-state index < -0.39 is 0 Å². The maximum atomic E-state index is 12.4. The van der Waals surface area contributed by atoms with Gasteiger partial charge in [-0.2, -0.15) is 0 Å². The number of fused-ring (bicyclic) bond motifs is 2. The summed E-state index contributed by atoms with van der Waals surface area (Å²) in [6.07, 6.45) is 6.65. The Kier molecular flexibility index (Phi) is 3.09. The van der Waals surface area contributed by atoms with Gasteiger partial charge in [0, 0.05) is 32.1 Å². The average Bonchev–Trinajstić information content (AvgIpc) is 3.00. The summed E-state index contributed by atoms with van der Waals surface area (Å²) in [4.78, 5) is 27.2. The minimum Gasteiger partial charge on any atom is -0.339 e. The highest BCUT2D eigenvalue weighted by atomic mass is 32.1. The van der Waals surface area contributed by atoms with Crippen LogP contribution in [0, 0.1) is 17.8 Å². The van der Waals surface area contributed by atoms with E-state index in [9.17, 15) is 9.59 Å². The first-order chi connectivity index (χ1) is 8.65. The molecule has 3 aliphatic rings. The second-order valence-corrected chi connectivity index (χ2v) is 5.86. The summed E-state index contributed by atoms with van der Waals surface area (Å²) in [5, 5.41) is -0.190. The van der Waals surface area contributed by atoms with E-state index in [1.54, 1.807) is 4.90 Å². The van der Waals surface area contributed by atoms with Crippen LogP contribution in [0.3, 0.4) is 0 Å². The number of amides is 2. The Hall–Kier alpha value is -0.970. The van der Waals surface area contributed by atoms with Crippen molar-refractivity contribution in [1.82, 2.24) is 9.80 Å². The normalized spacial score (nSPS) is 34.2. The number of hydrogen-bond donors (Lipinski definition) is 1. The Morgan fingerprint density at radius 1 is 1.00 bits per heavy atom. The van der Waals surface area contributed by atoms with Gasteiger partial charge in [0.1, 0.15) is 0 Å². The third-order valence-corrected chi connectivity index (χ3v) is 4.74. The van der Waals surface area contributed by atoms with Crippen molar-refractivity contribution >= 4 is 23.8 Å².